The van der Waals surface area contributed by atoms with Crippen molar-refractivity contribution >= 4 is 0 Å². The molecular formula is C14H29NO. The molecule has 1 fully saturated rings. The van der Waals surface area contributed by atoms with E-state index in [4.69, 9.17) is 0 Å². The summed E-state index contributed by atoms with van der Waals surface area (Å²) in [6.07, 6.45) is 7.61. The Morgan fingerprint density at radius 3 is 2.12 bits per heavy atom. The summed E-state index contributed by atoms with van der Waals surface area (Å²) in [7, 11) is 0. The molecule has 1 aliphatic rings. The van der Waals surface area contributed by atoms with Crippen LogP contribution in [0.2, 0.25) is 0 Å². The second-order valence-corrected chi connectivity index (χ2v) is 5.79. The number of hydrogen-bond donors (Lipinski definition) is 1. The topological polar surface area (TPSA) is 23.5 Å². The van der Waals surface area contributed by atoms with Crippen molar-refractivity contribution in [2.45, 2.75) is 71.4 Å². The second kappa shape index (κ2) is 7.29. The van der Waals surface area contributed by atoms with Gasteiger partial charge in [0.1, 0.15) is 0 Å². The number of aliphatic hydroxyl groups is 1. The van der Waals surface area contributed by atoms with E-state index in [0.29, 0.717) is 0 Å². The van der Waals surface area contributed by atoms with Crippen molar-refractivity contribution in [2.75, 3.05) is 13.1 Å². The van der Waals surface area contributed by atoms with Crippen LogP contribution < -0.4 is 0 Å². The molecule has 1 unspecified atom stereocenters. The van der Waals surface area contributed by atoms with E-state index in [1.165, 1.54) is 38.6 Å². The summed E-state index contributed by atoms with van der Waals surface area (Å²) in [6, 6.07) is 0.803. The number of aliphatic hydroxyl groups excluding tert-OH is 1. The number of rotatable bonds is 7. The standard InChI is InChI=1S/C14H29NO/c1-12(2)8-10-15(11-9-13(3)16)14-6-4-5-7-14/h12-14,16H,4-11H2,1-3H3. The third-order valence-electron chi connectivity index (χ3n) is 3.67. The van der Waals surface area contributed by atoms with E-state index >= 15 is 0 Å². The molecule has 2 nitrogen and oxygen atoms in total. The number of nitrogens with zero attached hydrogens (tertiary/aromatic N) is 1. The van der Waals surface area contributed by atoms with Crippen LogP contribution in [0.5, 0.6) is 0 Å². The fourth-order valence-corrected chi connectivity index (χ4v) is 2.52. The summed E-state index contributed by atoms with van der Waals surface area (Å²) < 4.78 is 0. The van der Waals surface area contributed by atoms with Gasteiger partial charge in [0, 0.05) is 12.6 Å². The van der Waals surface area contributed by atoms with Crippen molar-refractivity contribution in [1.29, 1.82) is 0 Å². The Labute approximate surface area is 101 Å². The predicted molar refractivity (Wildman–Crippen MR) is 69.6 cm³/mol. The Bertz CT molecular complexity index is 162. The van der Waals surface area contributed by atoms with Crippen LogP contribution >= 0.6 is 0 Å². The maximum atomic E-state index is 9.39. The Balaban J connectivity index is 2.34. The fraction of sp³-hybridized carbons (Fsp3) is 1.00. The molecule has 0 heterocycles. The van der Waals surface area contributed by atoms with E-state index in [2.05, 4.69) is 18.7 Å². The first-order valence-electron chi connectivity index (χ1n) is 7.01. The van der Waals surface area contributed by atoms with E-state index in [1.807, 2.05) is 6.92 Å². The molecule has 16 heavy (non-hydrogen) atoms. The van der Waals surface area contributed by atoms with E-state index in [-0.39, 0.29) is 6.10 Å². The molecule has 0 amide bonds. The monoisotopic (exact) mass is 227 g/mol. The van der Waals surface area contributed by atoms with Gasteiger partial charge in [-0.05, 0) is 45.1 Å². The minimum atomic E-state index is -0.150. The molecule has 0 radical (unpaired) electrons. The number of hydrogen-bond acceptors (Lipinski definition) is 2. The van der Waals surface area contributed by atoms with Crippen molar-refractivity contribution in [2.24, 2.45) is 5.92 Å². The average molecular weight is 227 g/mol. The van der Waals surface area contributed by atoms with E-state index in [1.54, 1.807) is 0 Å². The van der Waals surface area contributed by atoms with Gasteiger partial charge >= 0.3 is 0 Å². The molecule has 0 aromatic rings. The highest BCUT2D eigenvalue weighted by atomic mass is 16.3. The zero-order chi connectivity index (χ0) is 12.0. The lowest BCUT2D eigenvalue weighted by Crippen LogP contribution is -2.36. The molecule has 1 atom stereocenters. The average Bonchev–Trinajstić information content (AvgIpc) is 2.70. The molecule has 0 spiro atoms. The highest BCUT2D eigenvalue weighted by molar-refractivity contribution is 4.78. The van der Waals surface area contributed by atoms with Crippen molar-refractivity contribution < 1.29 is 5.11 Å². The summed E-state index contributed by atoms with van der Waals surface area (Å²) >= 11 is 0. The van der Waals surface area contributed by atoms with Crippen LogP contribution in [0.1, 0.15) is 59.3 Å². The third kappa shape index (κ3) is 5.31. The lowest BCUT2D eigenvalue weighted by atomic mass is 10.1. The molecule has 96 valence electrons. The van der Waals surface area contributed by atoms with Crippen LogP contribution in [0.4, 0.5) is 0 Å². The summed E-state index contributed by atoms with van der Waals surface area (Å²) in [5, 5.41) is 9.39. The molecule has 2 heteroatoms. The fourth-order valence-electron chi connectivity index (χ4n) is 2.52. The van der Waals surface area contributed by atoms with E-state index in [0.717, 1.165) is 24.9 Å². The molecular weight excluding hydrogens is 198 g/mol. The summed E-state index contributed by atoms with van der Waals surface area (Å²) in [5.74, 6) is 0.787. The lowest BCUT2D eigenvalue weighted by molar-refractivity contribution is 0.130. The Hall–Kier alpha value is -0.0800. The van der Waals surface area contributed by atoms with Crippen LogP contribution in [0.25, 0.3) is 0 Å². The molecule has 0 aromatic carbocycles. The zero-order valence-corrected chi connectivity index (χ0v) is 11.3. The van der Waals surface area contributed by atoms with Crippen LogP contribution in [0, 0.1) is 5.92 Å². The first-order chi connectivity index (χ1) is 7.59. The van der Waals surface area contributed by atoms with E-state index < -0.39 is 0 Å². The largest absolute Gasteiger partial charge is 0.393 e. The van der Waals surface area contributed by atoms with Crippen molar-refractivity contribution in [3.8, 4) is 0 Å². The molecule has 1 aliphatic carbocycles. The highest BCUT2D eigenvalue weighted by Crippen LogP contribution is 2.24. The van der Waals surface area contributed by atoms with Crippen LogP contribution in [0.15, 0.2) is 0 Å². The molecule has 0 saturated heterocycles. The smallest absolute Gasteiger partial charge is 0.0524 e. The maximum absolute atomic E-state index is 9.39. The van der Waals surface area contributed by atoms with E-state index in [9.17, 15) is 5.11 Å². The molecule has 0 aromatic heterocycles. The van der Waals surface area contributed by atoms with Crippen LogP contribution in [-0.4, -0.2) is 35.2 Å². The molecule has 0 bridgehead atoms. The van der Waals surface area contributed by atoms with Gasteiger partial charge in [-0.3, -0.25) is 0 Å². The van der Waals surface area contributed by atoms with Crippen LogP contribution in [0.3, 0.4) is 0 Å². The first-order valence-corrected chi connectivity index (χ1v) is 7.01. The SMILES string of the molecule is CC(C)CCN(CCC(C)O)C1CCCC1. The van der Waals surface area contributed by atoms with Gasteiger partial charge in [-0.1, -0.05) is 26.7 Å². The van der Waals surface area contributed by atoms with Gasteiger partial charge in [-0.25, -0.2) is 0 Å². The zero-order valence-electron chi connectivity index (χ0n) is 11.3. The normalized spacial score (nSPS) is 19.9. The second-order valence-electron chi connectivity index (χ2n) is 5.79. The van der Waals surface area contributed by atoms with Crippen molar-refractivity contribution in [1.82, 2.24) is 4.90 Å². The minimum Gasteiger partial charge on any atom is -0.393 e. The van der Waals surface area contributed by atoms with Gasteiger partial charge in [-0.15, -0.1) is 0 Å². The van der Waals surface area contributed by atoms with Crippen LogP contribution in [-0.2, 0) is 0 Å². The summed E-state index contributed by atoms with van der Waals surface area (Å²) in [5.41, 5.74) is 0. The van der Waals surface area contributed by atoms with Gasteiger partial charge in [0.15, 0.2) is 0 Å². The molecule has 0 aliphatic heterocycles. The van der Waals surface area contributed by atoms with Gasteiger partial charge in [-0.2, -0.15) is 0 Å². The highest BCUT2D eigenvalue weighted by Gasteiger charge is 2.22. The van der Waals surface area contributed by atoms with Crippen molar-refractivity contribution in [3.63, 3.8) is 0 Å². The molecule has 1 saturated carbocycles. The Morgan fingerprint density at radius 2 is 1.62 bits per heavy atom. The predicted octanol–water partition coefficient (Wildman–Crippen LogP) is 3.05. The minimum absolute atomic E-state index is 0.150. The molecule has 1 N–H and O–H groups in total. The van der Waals surface area contributed by atoms with Gasteiger partial charge in [0.25, 0.3) is 0 Å². The Kier molecular flexibility index (Phi) is 6.37. The maximum Gasteiger partial charge on any atom is 0.0524 e. The molecule has 1 rings (SSSR count). The van der Waals surface area contributed by atoms with Gasteiger partial charge in [0.05, 0.1) is 6.10 Å². The van der Waals surface area contributed by atoms with Gasteiger partial charge < -0.3 is 10.0 Å². The van der Waals surface area contributed by atoms with Gasteiger partial charge in [0.2, 0.25) is 0 Å². The quantitative estimate of drug-likeness (QED) is 0.722. The first kappa shape index (κ1) is 14.0. The summed E-state index contributed by atoms with van der Waals surface area (Å²) in [4.78, 5) is 2.62. The Morgan fingerprint density at radius 1 is 1.06 bits per heavy atom. The lowest BCUT2D eigenvalue weighted by Gasteiger charge is -2.30. The summed E-state index contributed by atoms with van der Waals surface area (Å²) in [6.45, 7) is 8.78. The van der Waals surface area contributed by atoms with Crippen molar-refractivity contribution in [3.05, 3.63) is 0 Å². The third-order valence-corrected chi connectivity index (χ3v) is 3.67.